The minimum Gasteiger partial charge on any atom is -0.482 e. The highest BCUT2D eigenvalue weighted by Gasteiger charge is 2.22. The summed E-state index contributed by atoms with van der Waals surface area (Å²) in [7, 11) is -3.45. The van der Waals surface area contributed by atoms with Gasteiger partial charge in [-0.05, 0) is 55.7 Å². The van der Waals surface area contributed by atoms with Crippen LogP contribution in [0, 0.1) is 5.82 Å². The van der Waals surface area contributed by atoms with E-state index in [-0.39, 0.29) is 27.4 Å². The Labute approximate surface area is 213 Å². The topological polar surface area (TPSA) is 106 Å². The predicted molar refractivity (Wildman–Crippen MR) is 138 cm³/mol. The minimum absolute atomic E-state index is 0.00532. The molecule has 35 heavy (non-hydrogen) atoms. The summed E-state index contributed by atoms with van der Waals surface area (Å²) >= 11 is 12.3. The molecule has 2 aromatic carbocycles. The highest BCUT2D eigenvalue weighted by Crippen LogP contribution is 2.37. The van der Waals surface area contributed by atoms with Crippen LogP contribution in [0.15, 0.2) is 48.7 Å². The van der Waals surface area contributed by atoms with E-state index in [2.05, 4.69) is 15.0 Å². The number of nitrogen functional groups attached to an aromatic ring is 1. The van der Waals surface area contributed by atoms with Crippen LogP contribution < -0.4 is 20.5 Å². The summed E-state index contributed by atoms with van der Waals surface area (Å²) in [5.41, 5.74) is 8.24. The molecule has 4 rings (SSSR count). The number of pyridine rings is 1. The molecule has 1 saturated carbocycles. The Balaban J connectivity index is 1.47. The molecule has 7 nitrogen and oxygen atoms in total. The zero-order valence-corrected chi connectivity index (χ0v) is 21.2. The van der Waals surface area contributed by atoms with Crippen molar-refractivity contribution in [3.63, 3.8) is 0 Å². The number of halogens is 3. The molecule has 0 spiro atoms. The average Bonchev–Trinajstić information content (AvgIpc) is 3.63. The van der Waals surface area contributed by atoms with Crippen LogP contribution in [-0.4, -0.2) is 31.7 Å². The maximum atomic E-state index is 13.9. The van der Waals surface area contributed by atoms with Gasteiger partial charge in [0.1, 0.15) is 11.9 Å². The van der Waals surface area contributed by atoms with Crippen LogP contribution in [0.25, 0.3) is 11.1 Å². The van der Waals surface area contributed by atoms with Gasteiger partial charge in [-0.2, -0.15) is 0 Å². The van der Waals surface area contributed by atoms with Crippen molar-refractivity contribution < 1.29 is 17.5 Å². The number of benzene rings is 2. The van der Waals surface area contributed by atoms with E-state index in [1.165, 1.54) is 12.1 Å². The summed E-state index contributed by atoms with van der Waals surface area (Å²) in [5.74, 6) is -0.172. The van der Waals surface area contributed by atoms with Gasteiger partial charge in [0.15, 0.2) is 11.6 Å². The fraction of sp³-hybridized carbons (Fsp3) is 0.292. The fourth-order valence-corrected chi connectivity index (χ4v) is 5.18. The van der Waals surface area contributed by atoms with E-state index in [0.717, 1.165) is 18.4 Å². The molecule has 0 saturated heterocycles. The van der Waals surface area contributed by atoms with Crippen LogP contribution in [0.4, 0.5) is 15.9 Å². The maximum Gasteiger partial charge on any atom is 0.233 e. The number of anilines is 2. The van der Waals surface area contributed by atoms with Crippen molar-refractivity contribution in [2.75, 3.05) is 22.8 Å². The van der Waals surface area contributed by atoms with Gasteiger partial charge in [-0.15, -0.1) is 0 Å². The smallest absolute Gasteiger partial charge is 0.233 e. The van der Waals surface area contributed by atoms with Crippen LogP contribution in [0.2, 0.25) is 10.0 Å². The molecule has 3 aromatic rings. The third kappa shape index (κ3) is 6.55. The fourth-order valence-electron chi connectivity index (χ4n) is 3.52. The highest BCUT2D eigenvalue weighted by atomic mass is 35.5. The molecular weight excluding hydrogens is 514 g/mol. The first-order valence-electron chi connectivity index (χ1n) is 11.0. The van der Waals surface area contributed by atoms with Crippen LogP contribution in [0.3, 0.4) is 0 Å². The molecule has 0 radical (unpaired) electrons. The van der Waals surface area contributed by atoms with Gasteiger partial charge in [0.2, 0.25) is 10.0 Å². The second-order valence-electron chi connectivity index (χ2n) is 8.35. The number of nitrogens with zero attached hydrogens (tertiary/aromatic N) is 1. The van der Waals surface area contributed by atoms with Gasteiger partial charge in [0.25, 0.3) is 0 Å². The Morgan fingerprint density at radius 1 is 1.17 bits per heavy atom. The van der Waals surface area contributed by atoms with Crippen molar-refractivity contribution >= 4 is 44.7 Å². The number of nitrogens with one attached hydrogen (secondary N) is 2. The third-order valence-electron chi connectivity index (χ3n) is 5.54. The third-order valence-corrected chi connectivity index (χ3v) is 7.55. The summed E-state index contributed by atoms with van der Waals surface area (Å²) in [6, 6.07) is 11.6. The average molecular weight is 539 g/mol. The second-order valence-corrected chi connectivity index (χ2v) is 11.0. The Morgan fingerprint density at radius 3 is 2.57 bits per heavy atom. The van der Waals surface area contributed by atoms with E-state index < -0.39 is 21.9 Å². The Morgan fingerprint density at radius 2 is 1.89 bits per heavy atom. The van der Waals surface area contributed by atoms with Crippen molar-refractivity contribution in [3.05, 3.63) is 70.1 Å². The summed E-state index contributed by atoms with van der Waals surface area (Å²) in [4.78, 5) is 4.19. The molecule has 1 unspecified atom stereocenters. The van der Waals surface area contributed by atoms with Gasteiger partial charge in [-0.1, -0.05) is 35.3 Å². The molecule has 186 valence electrons. The lowest BCUT2D eigenvalue weighted by Crippen LogP contribution is -2.27. The van der Waals surface area contributed by atoms with Crippen LogP contribution in [-0.2, 0) is 10.0 Å². The quantitative estimate of drug-likeness (QED) is 0.298. The Bertz CT molecular complexity index is 1320. The SMILES string of the molecule is CC(Oc1cc(-c2ccc(NS(=O)(=O)CCNC3CC3)cc2)cnc1N)c1c(Cl)ccc(F)c1Cl. The van der Waals surface area contributed by atoms with Gasteiger partial charge in [-0.3, -0.25) is 4.72 Å². The lowest BCUT2D eigenvalue weighted by Gasteiger charge is -2.19. The molecule has 1 heterocycles. The summed E-state index contributed by atoms with van der Waals surface area (Å²) < 4.78 is 47.0. The molecule has 1 aromatic heterocycles. The number of aromatic nitrogens is 1. The molecule has 1 atom stereocenters. The van der Waals surface area contributed by atoms with Gasteiger partial charge >= 0.3 is 0 Å². The predicted octanol–water partition coefficient (Wildman–Crippen LogP) is 5.41. The Kier molecular flexibility index (Phi) is 7.70. The number of sulfonamides is 1. The van der Waals surface area contributed by atoms with Crippen molar-refractivity contribution in [2.24, 2.45) is 0 Å². The van der Waals surface area contributed by atoms with E-state index in [1.807, 2.05) is 0 Å². The first-order chi connectivity index (χ1) is 16.6. The van der Waals surface area contributed by atoms with Crippen LogP contribution >= 0.6 is 23.2 Å². The number of rotatable bonds is 10. The first-order valence-corrected chi connectivity index (χ1v) is 13.4. The van der Waals surface area contributed by atoms with Gasteiger partial charge in [0.05, 0.1) is 10.8 Å². The van der Waals surface area contributed by atoms with E-state index in [0.29, 0.717) is 29.4 Å². The summed E-state index contributed by atoms with van der Waals surface area (Å²) in [6.07, 6.45) is 3.09. The summed E-state index contributed by atoms with van der Waals surface area (Å²) in [6.45, 7) is 2.10. The van der Waals surface area contributed by atoms with Crippen LogP contribution in [0.1, 0.15) is 31.4 Å². The first kappa shape index (κ1) is 25.5. The maximum absolute atomic E-state index is 13.9. The lowest BCUT2D eigenvalue weighted by molar-refractivity contribution is 0.227. The van der Waals surface area contributed by atoms with E-state index >= 15 is 0 Å². The van der Waals surface area contributed by atoms with E-state index in [4.69, 9.17) is 33.7 Å². The molecule has 0 amide bonds. The number of nitrogens with two attached hydrogens (primary N) is 1. The number of ether oxygens (including phenoxy) is 1. The van der Waals surface area contributed by atoms with Crippen molar-refractivity contribution in [1.82, 2.24) is 10.3 Å². The van der Waals surface area contributed by atoms with Crippen molar-refractivity contribution in [1.29, 1.82) is 0 Å². The summed E-state index contributed by atoms with van der Waals surface area (Å²) in [5, 5.41) is 3.34. The standard InChI is InChI=1S/C24H25Cl2FN4O3S/c1-14(22-19(25)8-9-20(27)23(22)26)34-21-12-16(13-30-24(21)28)15-2-4-18(5-3-15)31-35(32,33)11-10-29-17-6-7-17/h2-5,8-9,12-14,17,29,31H,6-7,10-11H2,1H3,(H2,28,30). The van der Waals surface area contributed by atoms with E-state index in [1.54, 1.807) is 43.5 Å². The Hall–Kier alpha value is -2.59. The van der Waals surface area contributed by atoms with Gasteiger partial charge in [-0.25, -0.2) is 17.8 Å². The second kappa shape index (κ2) is 10.6. The highest BCUT2D eigenvalue weighted by molar-refractivity contribution is 7.92. The number of hydrogen-bond acceptors (Lipinski definition) is 6. The monoisotopic (exact) mass is 538 g/mol. The molecule has 11 heteroatoms. The molecule has 1 aliphatic carbocycles. The van der Waals surface area contributed by atoms with Crippen molar-refractivity contribution in [2.45, 2.75) is 31.9 Å². The number of hydrogen-bond donors (Lipinski definition) is 3. The minimum atomic E-state index is -3.45. The molecular formula is C24H25Cl2FN4O3S. The lowest BCUT2D eigenvalue weighted by atomic mass is 10.1. The van der Waals surface area contributed by atoms with Crippen molar-refractivity contribution in [3.8, 4) is 16.9 Å². The zero-order valence-electron chi connectivity index (χ0n) is 18.9. The molecule has 0 bridgehead atoms. The molecule has 1 aliphatic rings. The molecule has 0 aliphatic heterocycles. The zero-order chi connectivity index (χ0) is 25.2. The van der Waals surface area contributed by atoms with E-state index in [9.17, 15) is 12.8 Å². The molecule has 1 fully saturated rings. The van der Waals surface area contributed by atoms with Crippen LogP contribution in [0.5, 0.6) is 5.75 Å². The molecule has 4 N–H and O–H groups in total. The van der Waals surface area contributed by atoms with Gasteiger partial charge < -0.3 is 15.8 Å². The normalized spacial score (nSPS) is 14.5. The van der Waals surface area contributed by atoms with Gasteiger partial charge in [0, 0.05) is 40.6 Å². The largest absolute Gasteiger partial charge is 0.482 e.